The van der Waals surface area contributed by atoms with E-state index in [0.717, 1.165) is 54.9 Å². The van der Waals surface area contributed by atoms with Gasteiger partial charge in [0.2, 0.25) is 0 Å². The number of aromatic amines is 1. The maximum atomic E-state index is 9.31. The second-order valence-corrected chi connectivity index (χ2v) is 7.44. The first-order valence-electron chi connectivity index (χ1n) is 9.72. The minimum Gasteiger partial charge on any atom is -0.360 e. The smallest absolute Gasteiger partial charge is 0.101 e. The van der Waals surface area contributed by atoms with Gasteiger partial charge in [0.1, 0.15) is 6.07 Å². The van der Waals surface area contributed by atoms with E-state index < -0.39 is 0 Å². The molecule has 2 N–H and O–H groups in total. The number of nitrogens with one attached hydrogen (secondary N) is 2. The Morgan fingerprint density at radius 1 is 1.23 bits per heavy atom. The van der Waals surface area contributed by atoms with Crippen molar-refractivity contribution in [2.45, 2.75) is 25.7 Å². The Bertz CT molecular complexity index is 807. The highest BCUT2D eigenvalue weighted by molar-refractivity contribution is 5.88. The van der Waals surface area contributed by atoms with Crippen molar-refractivity contribution < 1.29 is 0 Å². The number of nitrogens with zero attached hydrogens (tertiary/aromatic N) is 3. The Morgan fingerprint density at radius 2 is 2.12 bits per heavy atom. The first-order chi connectivity index (χ1) is 12.8. The van der Waals surface area contributed by atoms with E-state index in [-0.39, 0.29) is 0 Å². The molecule has 1 aromatic carbocycles. The van der Waals surface area contributed by atoms with E-state index in [0.29, 0.717) is 0 Å². The zero-order valence-electron chi connectivity index (χ0n) is 15.2. The fourth-order valence-electron chi connectivity index (χ4n) is 4.25. The number of hydrogen-bond donors (Lipinski definition) is 2. The van der Waals surface area contributed by atoms with Gasteiger partial charge in [0.15, 0.2) is 0 Å². The number of likely N-dealkylation sites (tertiary alicyclic amines) is 1. The molecule has 0 spiro atoms. The first-order valence-corrected chi connectivity index (χ1v) is 9.72. The van der Waals surface area contributed by atoms with Crippen LogP contribution in [0.3, 0.4) is 0 Å². The van der Waals surface area contributed by atoms with Crippen LogP contribution in [-0.2, 0) is 6.42 Å². The van der Waals surface area contributed by atoms with Crippen molar-refractivity contribution in [3.63, 3.8) is 0 Å². The third kappa shape index (κ3) is 3.77. The number of fused-ring (bicyclic) bond motifs is 1. The van der Waals surface area contributed by atoms with E-state index in [4.69, 9.17) is 0 Å². The summed E-state index contributed by atoms with van der Waals surface area (Å²) >= 11 is 0. The Balaban J connectivity index is 1.25. The monoisotopic (exact) mass is 349 g/mol. The van der Waals surface area contributed by atoms with Gasteiger partial charge in [-0.25, -0.2) is 5.43 Å². The average Bonchev–Trinajstić information content (AvgIpc) is 3.33. The minimum atomic E-state index is 0.765. The van der Waals surface area contributed by atoms with Crippen molar-refractivity contribution in [2.24, 2.45) is 5.92 Å². The highest BCUT2D eigenvalue weighted by atomic mass is 15.5. The number of benzene rings is 1. The van der Waals surface area contributed by atoms with E-state index >= 15 is 0 Å². The molecule has 2 aliphatic heterocycles. The van der Waals surface area contributed by atoms with E-state index in [1.807, 2.05) is 6.20 Å². The molecule has 26 heavy (non-hydrogen) atoms. The summed E-state index contributed by atoms with van der Waals surface area (Å²) in [6.45, 7) is 5.67. The number of nitriles is 1. The van der Waals surface area contributed by atoms with Crippen molar-refractivity contribution in [2.75, 3.05) is 32.7 Å². The molecule has 1 aromatic heterocycles. The molecule has 5 nitrogen and oxygen atoms in total. The van der Waals surface area contributed by atoms with Crippen LogP contribution < -0.4 is 5.43 Å². The molecule has 0 atom stereocenters. The summed E-state index contributed by atoms with van der Waals surface area (Å²) < 4.78 is 0. The van der Waals surface area contributed by atoms with Crippen LogP contribution in [0.5, 0.6) is 0 Å². The second kappa shape index (κ2) is 7.94. The Morgan fingerprint density at radius 3 is 2.88 bits per heavy atom. The molecular weight excluding hydrogens is 322 g/mol. The molecule has 1 saturated heterocycles. The molecule has 136 valence electrons. The standard InChI is InChI=1S/C21H27N5/c22-14-19-15-23-20-6-1-4-18(21(19)20)5-2-10-25-12-7-17(8-13-25)16-26-11-3-9-24-26/h1,3-4,6,11,15,17,23-24H,2,5,7-10,12-13,16H2. The van der Waals surface area contributed by atoms with Crippen LogP contribution in [0, 0.1) is 17.2 Å². The van der Waals surface area contributed by atoms with Crippen LogP contribution in [0.15, 0.2) is 36.7 Å². The SMILES string of the molecule is N#Cc1c[nH]c2cccc(CCCN3CCC(CN4C=CCN4)CC3)c12. The fourth-order valence-corrected chi connectivity index (χ4v) is 4.25. The van der Waals surface area contributed by atoms with Crippen molar-refractivity contribution in [3.8, 4) is 6.07 Å². The number of H-pyrrole nitrogens is 1. The number of aryl methyl sites for hydroxylation is 1. The maximum absolute atomic E-state index is 9.31. The number of hydrogen-bond acceptors (Lipinski definition) is 4. The van der Waals surface area contributed by atoms with Gasteiger partial charge >= 0.3 is 0 Å². The van der Waals surface area contributed by atoms with Gasteiger partial charge in [0, 0.05) is 36.4 Å². The van der Waals surface area contributed by atoms with Gasteiger partial charge in [0.05, 0.1) is 5.56 Å². The van der Waals surface area contributed by atoms with Crippen molar-refractivity contribution in [1.82, 2.24) is 20.3 Å². The van der Waals surface area contributed by atoms with Gasteiger partial charge in [-0.15, -0.1) is 0 Å². The second-order valence-electron chi connectivity index (χ2n) is 7.44. The fraction of sp³-hybridized carbons (Fsp3) is 0.476. The van der Waals surface area contributed by atoms with Gasteiger partial charge in [-0.05, 0) is 62.9 Å². The van der Waals surface area contributed by atoms with Crippen molar-refractivity contribution >= 4 is 10.9 Å². The lowest BCUT2D eigenvalue weighted by molar-refractivity contribution is 0.149. The van der Waals surface area contributed by atoms with Crippen LogP contribution in [0.25, 0.3) is 10.9 Å². The summed E-state index contributed by atoms with van der Waals surface area (Å²) in [6, 6.07) is 8.61. The zero-order valence-corrected chi connectivity index (χ0v) is 15.2. The molecule has 0 bridgehead atoms. The van der Waals surface area contributed by atoms with E-state index in [2.05, 4.69) is 56.9 Å². The van der Waals surface area contributed by atoms with Gasteiger partial charge in [-0.2, -0.15) is 5.26 Å². The number of aromatic nitrogens is 1. The van der Waals surface area contributed by atoms with Gasteiger partial charge in [-0.3, -0.25) is 0 Å². The summed E-state index contributed by atoms with van der Waals surface area (Å²) in [4.78, 5) is 5.81. The predicted molar refractivity (Wildman–Crippen MR) is 104 cm³/mol. The molecule has 0 saturated carbocycles. The van der Waals surface area contributed by atoms with Crippen LogP contribution in [0.4, 0.5) is 0 Å². The van der Waals surface area contributed by atoms with E-state index in [9.17, 15) is 5.26 Å². The summed E-state index contributed by atoms with van der Waals surface area (Å²) in [7, 11) is 0. The molecule has 0 amide bonds. The Hall–Kier alpha value is -2.29. The summed E-state index contributed by atoms with van der Waals surface area (Å²) in [5.74, 6) is 0.799. The number of hydrazine groups is 1. The maximum Gasteiger partial charge on any atom is 0.101 e. The van der Waals surface area contributed by atoms with E-state index in [1.54, 1.807) is 0 Å². The number of piperidine rings is 1. The highest BCUT2D eigenvalue weighted by Crippen LogP contribution is 2.24. The first kappa shape index (κ1) is 17.1. The van der Waals surface area contributed by atoms with Gasteiger partial charge in [-0.1, -0.05) is 18.2 Å². The van der Waals surface area contributed by atoms with Crippen LogP contribution in [0.2, 0.25) is 0 Å². The van der Waals surface area contributed by atoms with Crippen LogP contribution >= 0.6 is 0 Å². The Labute approximate surface area is 155 Å². The summed E-state index contributed by atoms with van der Waals surface area (Å²) in [5.41, 5.74) is 6.50. The zero-order chi connectivity index (χ0) is 17.8. The highest BCUT2D eigenvalue weighted by Gasteiger charge is 2.21. The molecule has 4 rings (SSSR count). The van der Waals surface area contributed by atoms with Gasteiger partial charge in [0.25, 0.3) is 0 Å². The van der Waals surface area contributed by atoms with Crippen molar-refractivity contribution in [3.05, 3.63) is 47.8 Å². The number of rotatable bonds is 6. The lowest BCUT2D eigenvalue weighted by Gasteiger charge is -2.33. The molecule has 0 radical (unpaired) electrons. The minimum absolute atomic E-state index is 0.765. The molecule has 1 fully saturated rings. The van der Waals surface area contributed by atoms with Gasteiger partial charge < -0.3 is 14.9 Å². The molecule has 3 heterocycles. The van der Waals surface area contributed by atoms with Crippen LogP contribution in [0.1, 0.15) is 30.4 Å². The Kier molecular flexibility index (Phi) is 5.24. The topological polar surface area (TPSA) is 58.1 Å². The molecular formula is C21H27N5. The normalized spacial score (nSPS) is 18.7. The van der Waals surface area contributed by atoms with Crippen LogP contribution in [-0.4, -0.2) is 47.6 Å². The third-order valence-electron chi connectivity index (χ3n) is 5.69. The third-order valence-corrected chi connectivity index (χ3v) is 5.69. The molecule has 2 aromatic rings. The summed E-state index contributed by atoms with van der Waals surface area (Å²) in [6.07, 6.45) is 10.9. The average molecular weight is 349 g/mol. The quantitative estimate of drug-likeness (QED) is 0.842. The lowest BCUT2D eigenvalue weighted by Crippen LogP contribution is -2.40. The molecule has 2 aliphatic rings. The van der Waals surface area contributed by atoms with E-state index in [1.165, 1.54) is 31.5 Å². The lowest BCUT2D eigenvalue weighted by atomic mass is 9.96. The largest absolute Gasteiger partial charge is 0.360 e. The predicted octanol–water partition coefficient (Wildman–Crippen LogP) is 3.02. The molecule has 0 aliphatic carbocycles. The summed E-state index contributed by atoms with van der Waals surface area (Å²) in [5, 5.41) is 12.7. The molecule has 5 heteroatoms. The van der Waals surface area contributed by atoms with Crippen molar-refractivity contribution in [1.29, 1.82) is 5.26 Å². The molecule has 0 unspecified atom stereocenters.